The van der Waals surface area contributed by atoms with Crippen molar-refractivity contribution >= 4 is 61.5 Å². The van der Waals surface area contributed by atoms with E-state index in [2.05, 4.69) is 31.4 Å². The van der Waals surface area contributed by atoms with Crippen molar-refractivity contribution in [2.45, 2.75) is 5.16 Å². The van der Waals surface area contributed by atoms with E-state index < -0.39 is 0 Å². The number of carbonyl (C=O) groups excluding carboxylic acids is 1. The Labute approximate surface area is 218 Å². The molecule has 0 saturated carbocycles. The first-order valence-electron chi connectivity index (χ1n) is 10.9. The van der Waals surface area contributed by atoms with Gasteiger partial charge >= 0.3 is 0 Å². The number of hydrazone groups is 1. The molecule has 1 heterocycles. The van der Waals surface area contributed by atoms with Crippen LogP contribution in [0.2, 0.25) is 0 Å². The molecular formula is C27H19BrN4O3S. The van der Waals surface area contributed by atoms with Crippen LogP contribution in [0.4, 0.5) is 0 Å². The molecule has 0 fully saturated rings. The number of hydrogen-bond donors (Lipinski definition) is 2. The van der Waals surface area contributed by atoms with Crippen LogP contribution in [0.15, 0.2) is 104 Å². The minimum absolute atomic E-state index is 0.0137. The SMILES string of the molecule is O=C(CSc1nc2ccccc2c(=O)n1-c1ccc(Br)cc1)N/N=C\c1c(O)ccc2ccccc12. The molecular weight excluding hydrogens is 540 g/mol. The number of thioether (sulfide) groups is 1. The van der Waals surface area contributed by atoms with Gasteiger partial charge in [-0.1, -0.05) is 70.2 Å². The van der Waals surface area contributed by atoms with Crippen LogP contribution in [0, 0.1) is 0 Å². The summed E-state index contributed by atoms with van der Waals surface area (Å²) in [4.78, 5) is 30.5. The van der Waals surface area contributed by atoms with Crippen LogP contribution in [0.25, 0.3) is 27.4 Å². The molecule has 1 amide bonds. The first kappa shape index (κ1) is 23.8. The molecule has 5 rings (SSSR count). The van der Waals surface area contributed by atoms with Gasteiger partial charge in [0, 0.05) is 10.0 Å². The number of amides is 1. The summed E-state index contributed by atoms with van der Waals surface area (Å²) in [6.07, 6.45) is 1.42. The molecule has 0 atom stereocenters. The maximum absolute atomic E-state index is 13.3. The zero-order valence-corrected chi connectivity index (χ0v) is 21.2. The van der Waals surface area contributed by atoms with E-state index in [-0.39, 0.29) is 23.0 Å². The molecule has 36 heavy (non-hydrogen) atoms. The molecule has 0 aliphatic carbocycles. The highest BCUT2D eigenvalue weighted by molar-refractivity contribution is 9.10. The van der Waals surface area contributed by atoms with Gasteiger partial charge in [-0.15, -0.1) is 0 Å². The molecule has 2 N–H and O–H groups in total. The van der Waals surface area contributed by atoms with Gasteiger partial charge in [0.15, 0.2) is 5.16 Å². The topological polar surface area (TPSA) is 96.6 Å². The van der Waals surface area contributed by atoms with Gasteiger partial charge in [0.05, 0.1) is 28.6 Å². The number of fused-ring (bicyclic) bond motifs is 2. The summed E-state index contributed by atoms with van der Waals surface area (Å²) in [6.45, 7) is 0. The lowest BCUT2D eigenvalue weighted by atomic mass is 10.0. The minimum atomic E-state index is -0.374. The molecule has 0 spiro atoms. The number of para-hydroxylation sites is 1. The number of aromatic nitrogens is 2. The van der Waals surface area contributed by atoms with E-state index in [1.54, 1.807) is 24.3 Å². The highest BCUT2D eigenvalue weighted by atomic mass is 79.9. The Morgan fingerprint density at radius 2 is 1.72 bits per heavy atom. The summed E-state index contributed by atoms with van der Waals surface area (Å²) in [7, 11) is 0. The fraction of sp³-hybridized carbons (Fsp3) is 0.0370. The summed E-state index contributed by atoms with van der Waals surface area (Å²) in [5, 5.41) is 16.9. The Kier molecular flexibility index (Phi) is 6.84. The smallest absolute Gasteiger partial charge is 0.266 e. The van der Waals surface area contributed by atoms with E-state index in [0.29, 0.717) is 27.3 Å². The third-order valence-electron chi connectivity index (χ3n) is 5.49. The Hall–Kier alpha value is -3.95. The van der Waals surface area contributed by atoms with E-state index in [1.807, 2.05) is 60.7 Å². The van der Waals surface area contributed by atoms with Crippen molar-refractivity contribution in [1.29, 1.82) is 0 Å². The quantitative estimate of drug-likeness (QED) is 0.128. The van der Waals surface area contributed by atoms with Crippen molar-refractivity contribution in [3.05, 3.63) is 105 Å². The van der Waals surface area contributed by atoms with Crippen molar-refractivity contribution in [3.8, 4) is 11.4 Å². The largest absolute Gasteiger partial charge is 0.507 e. The van der Waals surface area contributed by atoms with E-state index >= 15 is 0 Å². The number of rotatable bonds is 6. The van der Waals surface area contributed by atoms with Gasteiger partial charge in [0.25, 0.3) is 11.5 Å². The van der Waals surface area contributed by atoms with Crippen molar-refractivity contribution in [3.63, 3.8) is 0 Å². The molecule has 7 nitrogen and oxygen atoms in total. The zero-order valence-electron chi connectivity index (χ0n) is 18.8. The molecule has 178 valence electrons. The number of nitrogens with zero attached hydrogens (tertiary/aromatic N) is 3. The van der Waals surface area contributed by atoms with Crippen LogP contribution in [0.3, 0.4) is 0 Å². The first-order chi connectivity index (χ1) is 17.5. The Balaban J connectivity index is 1.38. The van der Waals surface area contributed by atoms with Crippen molar-refractivity contribution < 1.29 is 9.90 Å². The summed E-state index contributed by atoms with van der Waals surface area (Å²) < 4.78 is 2.39. The molecule has 5 aromatic rings. The first-order valence-corrected chi connectivity index (χ1v) is 12.7. The van der Waals surface area contributed by atoms with Gasteiger partial charge in [-0.3, -0.25) is 14.2 Å². The number of aromatic hydroxyl groups is 1. The predicted molar refractivity (Wildman–Crippen MR) is 147 cm³/mol. The highest BCUT2D eigenvalue weighted by Crippen LogP contribution is 2.25. The molecule has 0 bridgehead atoms. The minimum Gasteiger partial charge on any atom is -0.507 e. The molecule has 0 aliphatic rings. The number of nitrogens with one attached hydrogen (secondary N) is 1. The molecule has 0 saturated heterocycles. The fourth-order valence-electron chi connectivity index (χ4n) is 3.78. The van der Waals surface area contributed by atoms with Crippen molar-refractivity contribution in [2.24, 2.45) is 5.10 Å². The summed E-state index contributed by atoms with van der Waals surface area (Å²) in [6, 6.07) is 25.4. The van der Waals surface area contributed by atoms with Crippen LogP contribution in [-0.2, 0) is 4.79 Å². The maximum Gasteiger partial charge on any atom is 0.266 e. The lowest BCUT2D eigenvalue weighted by Crippen LogP contribution is -2.24. The summed E-state index contributed by atoms with van der Waals surface area (Å²) in [5.74, 6) is -0.319. The fourth-order valence-corrected chi connectivity index (χ4v) is 4.85. The van der Waals surface area contributed by atoms with Crippen molar-refractivity contribution in [2.75, 3.05) is 5.75 Å². The number of phenols is 1. The Morgan fingerprint density at radius 1 is 1.00 bits per heavy atom. The molecule has 1 aromatic heterocycles. The van der Waals surface area contributed by atoms with E-state index in [9.17, 15) is 14.7 Å². The predicted octanol–water partition coefficient (Wildman–Crippen LogP) is 5.25. The van der Waals surface area contributed by atoms with Crippen LogP contribution < -0.4 is 11.0 Å². The molecule has 0 unspecified atom stereocenters. The number of halogens is 1. The van der Waals surface area contributed by atoms with Crippen LogP contribution in [-0.4, -0.2) is 32.5 Å². The third kappa shape index (κ3) is 4.89. The van der Waals surface area contributed by atoms with Gasteiger partial charge in [-0.25, -0.2) is 10.4 Å². The summed E-state index contributed by atoms with van der Waals surface area (Å²) >= 11 is 4.55. The van der Waals surface area contributed by atoms with Gasteiger partial charge < -0.3 is 5.11 Å². The Bertz CT molecular complexity index is 1680. The van der Waals surface area contributed by atoms with E-state index in [0.717, 1.165) is 27.0 Å². The maximum atomic E-state index is 13.3. The van der Waals surface area contributed by atoms with Crippen LogP contribution in [0.1, 0.15) is 5.56 Å². The zero-order chi connectivity index (χ0) is 25.1. The molecule has 0 radical (unpaired) electrons. The Morgan fingerprint density at radius 3 is 2.53 bits per heavy atom. The molecule has 4 aromatic carbocycles. The second-order valence-electron chi connectivity index (χ2n) is 7.83. The lowest BCUT2D eigenvalue weighted by Gasteiger charge is -2.13. The van der Waals surface area contributed by atoms with Crippen LogP contribution in [0.5, 0.6) is 5.75 Å². The lowest BCUT2D eigenvalue weighted by molar-refractivity contribution is -0.118. The second-order valence-corrected chi connectivity index (χ2v) is 9.69. The van der Waals surface area contributed by atoms with Gasteiger partial charge in [-0.05, 0) is 53.2 Å². The number of hydrogen-bond acceptors (Lipinski definition) is 6. The average molecular weight is 559 g/mol. The standard InChI is InChI=1S/C27H19BrN4O3S/c28-18-10-12-19(13-11-18)32-26(35)21-7-3-4-8-23(21)30-27(32)36-16-25(34)31-29-15-22-20-6-2-1-5-17(20)9-14-24(22)33/h1-15,33H,16H2,(H,31,34)/b29-15-. The van der Waals surface area contributed by atoms with Gasteiger partial charge in [0.2, 0.25) is 0 Å². The second kappa shape index (κ2) is 10.3. The van der Waals surface area contributed by atoms with Crippen LogP contribution >= 0.6 is 27.7 Å². The third-order valence-corrected chi connectivity index (χ3v) is 6.96. The van der Waals surface area contributed by atoms with Gasteiger partial charge in [0.1, 0.15) is 5.75 Å². The van der Waals surface area contributed by atoms with E-state index in [1.165, 1.54) is 10.8 Å². The number of phenolic OH excluding ortho intramolecular Hbond substituents is 1. The normalized spacial score (nSPS) is 11.4. The average Bonchev–Trinajstić information content (AvgIpc) is 2.89. The number of carbonyl (C=O) groups is 1. The van der Waals surface area contributed by atoms with Crippen molar-refractivity contribution in [1.82, 2.24) is 15.0 Å². The van der Waals surface area contributed by atoms with Gasteiger partial charge in [-0.2, -0.15) is 5.10 Å². The molecule has 0 aliphatic heterocycles. The highest BCUT2D eigenvalue weighted by Gasteiger charge is 2.15. The molecule has 9 heteroatoms. The summed E-state index contributed by atoms with van der Waals surface area (Å²) in [5.41, 5.74) is 4.00. The number of benzene rings is 4. The van der Waals surface area contributed by atoms with E-state index in [4.69, 9.17) is 0 Å². The monoisotopic (exact) mass is 558 g/mol.